The Morgan fingerprint density at radius 3 is 2.32 bits per heavy atom. The first-order valence-electron chi connectivity index (χ1n) is 7.14. The van der Waals surface area contributed by atoms with Gasteiger partial charge in [0.2, 0.25) is 0 Å². The average Bonchev–Trinajstić information content (AvgIpc) is 2.41. The molecule has 0 aliphatic heterocycles. The zero-order valence-corrected chi connectivity index (χ0v) is 12.3. The lowest BCUT2D eigenvalue weighted by atomic mass is 9.95. The van der Waals surface area contributed by atoms with E-state index in [4.69, 9.17) is 5.11 Å². The maximum atomic E-state index is 13.2. The van der Waals surface area contributed by atoms with Gasteiger partial charge in [-0.05, 0) is 30.5 Å². The summed E-state index contributed by atoms with van der Waals surface area (Å²) < 4.78 is 26.4. The van der Waals surface area contributed by atoms with E-state index in [1.165, 1.54) is 0 Å². The smallest absolute Gasteiger partial charge is 0.404 e. The van der Waals surface area contributed by atoms with Crippen LogP contribution in [0.25, 0.3) is 0 Å². The molecule has 0 aliphatic carbocycles. The highest BCUT2D eigenvalue weighted by atomic mass is 19.1. The van der Waals surface area contributed by atoms with Gasteiger partial charge >= 0.3 is 6.09 Å². The van der Waals surface area contributed by atoms with Crippen molar-refractivity contribution >= 4 is 6.09 Å². The quantitative estimate of drug-likeness (QED) is 0.591. The second-order valence-corrected chi connectivity index (χ2v) is 5.24. The highest BCUT2D eigenvalue weighted by molar-refractivity contribution is 5.65. The minimum absolute atomic E-state index is 0.134. The van der Waals surface area contributed by atoms with E-state index < -0.39 is 36.0 Å². The van der Waals surface area contributed by atoms with Gasteiger partial charge < -0.3 is 20.6 Å². The SMILES string of the molecule is CCCC[C@@H](O)[C@H](O)[C@H](Cc1cc(F)cc(F)c1)NC(=O)O. The van der Waals surface area contributed by atoms with E-state index in [0.717, 1.165) is 18.6 Å². The predicted molar refractivity (Wildman–Crippen MR) is 76.5 cm³/mol. The van der Waals surface area contributed by atoms with E-state index in [0.29, 0.717) is 18.9 Å². The second-order valence-electron chi connectivity index (χ2n) is 5.24. The average molecular weight is 317 g/mol. The zero-order chi connectivity index (χ0) is 16.7. The van der Waals surface area contributed by atoms with Crippen molar-refractivity contribution in [3.8, 4) is 0 Å². The molecule has 1 aromatic carbocycles. The Morgan fingerprint density at radius 2 is 1.82 bits per heavy atom. The minimum Gasteiger partial charge on any atom is -0.465 e. The number of hydrogen-bond acceptors (Lipinski definition) is 3. The molecular formula is C15H21F2NO4. The lowest BCUT2D eigenvalue weighted by molar-refractivity contribution is -0.00803. The molecule has 0 aliphatic rings. The molecule has 124 valence electrons. The molecule has 22 heavy (non-hydrogen) atoms. The maximum Gasteiger partial charge on any atom is 0.404 e. The van der Waals surface area contributed by atoms with Gasteiger partial charge in [-0.1, -0.05) is 19.8 Å². The molecule has 5 nitrogen and oxygen atoms in total. The molecule has 0 radical (unpaired) electrons. The normalized spacial score (nSPS) is 15.1. The van der Waals surface area contributed by atoms with Crippen molar-refractivity contribution in [1.29, 1.82) is 0 Å². The lowest BCUT2D eigenvalue weighted by Gasteiger charge is -2.27. The molecule has 0 spiro atoms. The van der Waals surface area contributed by atoms with Crippen LogP contribution >= 0.6 is 0 Å². The summed E-state index contributed by atoms with van der Waals surface area (Å²) in [6, 6.07) is 1.76. The molecule has 0 fully saturated rings. The standard InChI is InChI=1S/C15H21F2NO4/c1-2-3-4-13(19)14(20)12(18-15(21)22)7-9-5-10(16)8-11(17)6-9/h5-6,8,12-14,18-20H,2-4,7H2,1H3,(H,21,22)/t12-,13+,14+/m0/s1. The number of aliphatic hydroxyl groups is 2. The number of amides is 1. The summed E-state index contributed by atoms with van der Waals surface area (Å²) in [4.78, 5) is 10.8. The number of carboxylic acid groups (broad SMARTS) is 1. The van der Waals surface area contributed by atoms with Crippen molar-refractivity contribution in [1.82, 2.24) is 5.32 Å². The number of benzene rings is 1. The molecular weight excluding hydrogens is 296 g/mol. The fraction of sp³-hybridized carbons (Fsp3) is 0.533. The van der Waals surface area contributed by atoms with Gasteiger partial charge in [0, 0.05) is 6.07 Å². The fourth-order valence-corrected chi connectivity index (χ4v) is 2.25. The van der Waals surface area contributed by atoms with Crippen molar-refractivity contribution in [2.75, 3.05) is 0 Å². The van der Waals surface area contributed by atoms with Gasteiger partial charge in [0.25, 0.3) is 0 Å². The van der Waals surface area contributed by atoms with Crippen molar-refractivity contribution in [3.05, 3.63) is 35.4 Å². The Hall–Kier alpha value is -1.73. The van der Waals surface area contributed by atoms with Crippen LogP contribution in [0.2, 0.25) is 0 Å². The number of rotatable bonds is 8. The van der Waals surface area contributed by atoms with Crippen LogP contribution in [0.3, 0.4) is 0 Å². The number of carbonyl (C=O) groups is 1. The van der Waals surface area contributed by atoms with Crippen LogP contribution in [-0.2, 0) is 6.42 Å². The molecule has 0 unspecified atom stereocenters. The molecule has 0 heterocycles. The summed E-state index contributed by atoms with van der Waals surface area (Å²) in [5.41, 5.74) is 0.193. The first-order valence-corrected chi connectivity index (χ1v) is 7.14. The third-order valence-corrected chi connectivity index (χ3v) is 3.35. The molecule has 0 saturated carbocycles. The maximum absolute atomic E-state index is 13.2. The van der Waals surface area contributed by atoms with E-state index in [1.54, 1.807) is 0 Å². The number of aliphatic hydroxyl groups excluding tert-OH is 2. The van der Waals surface area contributed by atoms with E-state index in [2.05, 4.69) is 5.32 Å². The van der Waals surface area contributed by atoms with Crippen molar-refractivity contribution < 1.29 is 28.9 Å². The van der Waals surface area contributed by atoms with Crippen LogP contribution in [0.5, 0.6) is 0 Å². The Morgan fingerprint density at radius 1 is 1.23 bits per heavy atom. The molecule has 0 bridgehead atoms. The Labute approximate surface area is 127 Å². The summed E-state index contributed by atoms with van der Waals surface area (Å²) in [7, 11) is 0. The van der Waals surface area contributed by atoms with Crippen LogP contribution in [-0.4, -0.2) is 39.7 Å². The van der Waals surface area contributed by atoms with Crippen LogP contribution < -0.4 is 5.32 Å². The fourth-order valence-electron chi connectivity index (χ4n) is 2.25. The Balaban J connectivity index is 2.85. The van der Waals surface area contributed by atoms with E-state index in [1.807, 2.05) is 6.92 Å². The van der Waals surface area contributed by atoms with Crippen molar-refractivity contribution in [2.24, 2.45) is 0 Å². The van der Waals surface area contributed by atoms with Crippen molar-refractivity contribution in [3.63, 3.8) is 0 Å². The highest BCUT2D eigenvalue weighted by Gasteiger charge is 2.27. The number of unbranched alkanes of at least 4 members (excludes halogenated alkanes) is 1. The molecule has 4 N–H and O–H groups in total. The Bertz CT molecular complexity index is 478. The summed E-state index contributed by atoms with van der Waals surface area (Å²) in [6.45, 7) is 1.92. The molecule has 0 aromatic heterocycles. The minimum atomic E-state index is -1.39. The van der Waals surface area contributed by atoms with Gasteiger partial charge in [0.1, 0.15) is 17.7 Å². The van der Waals surface area contributed by atoms with Crippen LogP contribution in [0, 0.1) is 11.6 Å². The van der Waals surface area contributed by atoms with Crippen LogP contribution in [0.15, 0.2) is 18.2 Å². The van der Waals surface area contributed by atoms with Crippen molar-refractivity contribution in [2.45, 2.75) is 50.9 Å². The number of nitrogens with one attached hydrogen (secondary N) is 1. The molecule has 1 rings (SSSR count). The largest absolute Gasteiger partial charge is 0.465 e. The van der Waals surface area contributed by atoms with E-state index >= 15 is 0 Å². The van der Waals surface area contributed by atoms with Crippen LogP contribution in [0.1, 0.15) is 31.7 Å². The van der Waals surface area contributed by atoms with Crippen LogP contribution in [0.4, 0.5) is 13.6 Å². The summed E-state index contributed by atoms with van der Waals surface area (Å²) in [5, 5.41) is 30.9. The first-order chi connectivity index (χ1) is 10.3. The monoisotopic (exact) mass is 317 g/mol. The summed E-state index contributed by atoms with van der Waals surface area (Å²) >= 11 is 0. The van der Waals surface area contributed by atoms with E-state index in [9.17, 15) is 23.8 Å². The molecule has 0 saturated heterocycles. The van der Waals surface area contributed by atoms with E-state index in [-0.39, 0.29) is 12.0 Å². The molecule has 7 heteroatoms. The molecule has 1 amide bonds. The number of halogens is 2. The molecule has 3 atom stereocenters. The predicted octanol–water partition coefficient (Wildman–Crippen LogP) is 2.06. The molecule has 1 aromatic rings. The van der Waals surface area contributed by atoms with Gasteiger partial charge in [0.15, 0.2) is 0 Å². The second kappa shape index (κ2) is 8.65. The summed E-state index contributed by atoms with van der Waals surface area (Å²) in [6.07, 6.45) is -2.20. The summed E-state index contributed by atoms with van der Waals surface area (Å²) in [5.74, 6) is -1.57. The first kappa shape index (κ1) is 18.3. The van der Waals surface area contributed by atoms with Gasteiger partial charge in [-0.25, -0.2) is 13.6 Å². The number of hydrogen-bond donors (Lipinski definition) is 4. The van der Waals surface area contributed by atoms with Gasteiger partial charge in [-0.2, -0.15) is 0 Å². The Kier molecular flexibility index (Phi) is 7.20. The topological polar surface area (TPSA) is 89.8 Å². The van der Waals surface area contributed by atoms with Gasteiger partial charge in [0.05, 0.1) is 12.1 Å². The third kappa shape index (κ3) is 5.95. The van der Waals surface area contributed by atoms with Gasteiger partial charge in [-0.15, -0.1) is 0 Å². The zero-order valence-electron chi connectivity index (χ0n) is 12.3. The third-order valence-electron chi connectivity index (χ3n) is 3.35. The lowest BCUT2D eigenvalue weighted by Crippen LogP contribution is -2.49. The van der Waals surface area contributed by atoms with Gasteiger partial charge in [-0.3, -0.25) is 0 Å². The highest BCUT2D eigenvalue weighted by Crippen LogP contribution is 2.15.